The lowest BCUT2D eigenvalue weighted by molar-refractivity contribution is 0.115. The summed E-state index contributed by atoms with van der Waals surface area (Å²) in [5.74, 6) is -0.504. The first-order valence-electron chi connectivity index (χ1n) is 24.2. The Morgan fingerprint density at radius 3 is 1.64 bits per heavy atom. The molecule has 69 heavy (non-hydrogen) atoms. The number of aryl methyl sites for hydroxylation is 3. The van der Waals surface area contributed by atoms with E-state index in [-0.39, 0.29) is 18.8 Å². The van der Waals surface area contributed by atoms with Crippen LogP contribution in [-0.2, 0) is 82.5 Å². The molecule has 8 nitrogen and oxygen atoms in total. The lowest BCUT2D eigenvalue weighted by atomic mass is 9.81. The smallest absolute Gasteiger partial charge is 0.245 e. The summed E-state index contributed by atoms with van der Waals surface area (Å²) in [4.78, 5) is 0. The van der Waals surface area contributed by atoms with E-state index in [1.807, 2.05) is 110 Å². The summed E-state index contributed by atoms with van der Waals surface area (Å²) in [7, 11) is -9.13. The standard InChI is InChI=1S/C59H60O8S2/c1-4-41(3)64-68(60,61)65-57-40-48-23-25-50(26-24-48)56(39-47-17-11-42(5-2)12-18-47)66-69(62,63)67-59-54-27-21-44(22-28-54)14-13-43-15-19-46(20-16-43)38-55(37-45-9-7-6-8-10-45)49-29-33-52(34-30-49)58(59)53-35-31-51(57)32-36-53/h6-12,15-36,41,55-59H,4-5,13-14,37-40H2,1-3H3. The summed E-state index contributed by atoms with van der Waals surface area (Å²) in [6, 6.07) is 59.0. The maximum atomic E-state index is 14.8. The average molecular weight is 961 g/mol. The lowest BCUT2D eigenvalue weighted by Gasteiger charge is -2.30. The summed E-state index contributed by atoms with van der Waals surface area (Å²) in [6.07, 6.45) is 1.61. The van der Waals surface area contributed by atoms with Crippen LogP contribution in [0, 0.1) is 0 Å². The molecule has 7 aromatic rings. The van der Waals surface area contributed by atoms with E-state index in [1.54, 1.807) is 6.92 Å². The highest BCUT2D eigenvalue weighted by Crippen LogP contribution is 2.43. The third-order valence-corrected chi connectivity index (χ3v) is 15.7. The molecule has 6 unspecified atom stereocenters. The minimum Gasteiger partial charge on any atom is -0.245 e. The number of fused-ring (bicyclic) bond motifs is 3. The van der Waals surface area contributed by atoms with Crippen LogP contribution in [0.4, 0.5) is 0 Å². The molecule has 356 valence electrons. The molecule has 0 amide bonds. The number of benzene rings is 7. The average Bonchev–Trinajstić information content (AvgIpc) is 3.36. The fourth-order valence-electron chi connectivity index (χ4n) is 9.58. The molecule has 0 saturated carbocycles. The molecule has 0 spiro atoms. The molecule has 0 aromatic heterocycles. The van der Waals surface area contributed by atoms with Crippen molar-refractivity contribution in [1.29, 1.82) is 0 Å². The highest BCUT2D eigenvalue weighted by molar-refractivity contribution is 7.82. The number of hydrogen-bond acceptors (Lipinski definition) is 8. The van der Waals surface area contributed by atoms with E-state index in [0.717, 1.165) is 65.5 Å². The van der Waals surface area contributed by atoms with Gasteiger partial charge in [-0.2, -0.15) is 16.8 Å². The van der Waals surface area contributed by atoms with Crippen molar-refractivity contribution in [3.63, 3.8) is 0 Å². The first-order valence-corrected chi connectivity index (χ1v) is 26.9. The predicted molar refractivity (Wildman–Crippen MR) is 271 cm³/mol. The first-order chi connectivity index (χ1) is 33.4. The molecule has 15 rings (SSSR count). The number of rotatable bonds is 10. The normalized spacial score (nSPS) is 20.8. The molecule has 0 radical (unpaired) electrons. The van der Waals surface area contributed by atoms with Gasteiger partial charge in [-0.15, -0.1) is 0 Å². The first kappa shape index (κ1) is 48.3. The second-order valence-electron chi connectivity index (χ2n) is 18.6. The summed E-state index contributed by atoms with van der Waals surface area (Å²) >= 11 is 0. The van der Waals surface area contributed by atoms with Crippen molar-refractivity contribution in [2.75, 3.05) is 0 Å². The van der Waals surface area contributed by atoms with Gasteiger partial charge in [0.15, 0.2) is 0 Å². The van der Waals surface area contributed by atoms with E-state index in [1.165, 1.54) is 22.3 Å². The van der Waals surface area contributed by atoms with Crippen LogP contribution >= 0.6 is 0 Å². The van der Waals surface area contributed by atoms with Crippen molar-refractivity contribution in [2.24, 2.45) is 0 Å². The van der Waals surface area contributed by atoms with Gasteiger partial charge in [0.25, 0.3) is 0 Å². The van der Waals surface area contributed by atoms with E-state index in [0.29, 0.717) is 23.1 Å². The zero-order valence-electron chi connectivity index (χ0n) is 39.4. The van der Waals surface area contributed by atoms with Crippen LogP contribution in [0.25, 0.3) is 0 Å². The molecular weight excluding hydrogens is 901 g/mol. The number of hydrogen-bond donors (Lipinski definition) is 0. The Kier molecular flexibility index (Phi) is 15.1. The highest BCUT2D eigenvalue weighted by Gasteiger charge is 2.36. The summed E-state index contributed by atoms with van der Waals surface area (Å²) < 4.78 is 80.5. The van der Waals surface area contributed by atoms with Gasteiger partial charge < -0.3 is 0 Å². The van der Waals surface area contributed by atoms with Gasteiger partial charge in [-0.1, -0.05) is 190 Å². The Morgan fingerprint density at radius 1 is 0.536 bits per heavy atom. The van der Waals surface area contributed by atoms with Gasteiger partial charge in [0.05, 0.1) is 6.10 Å². The van der Waals surface area contributed by atoms with Gasteiger partial charge in [-0.3, -0.25) is 0 Å². The molecule has 7 aromatic carbocycles. The van der Waals surface area contributed by atoms with Crippen molar-refractivity contribution < 1.29 is 33.6 Å². The van der Waals surface area contributed by atoms with Crippen LogP contribution in [-0.4, -0.2) is 22.9 Å². The Balaban J connectivity index is 1.19. The van der Waals surface area contributed by atoms with Crippen LogP contribution in [0.3, 0.4) is 0 Å². The van der Waals surface area contributed by atoms with Gasteiger partial charge in [0.2, 0.25) is 0 Å². The second kappa shape index (κ2) is 21.5. The third kappa shape index (κ3) is 12.4. The van der Waals surface area contributed by atoms with Gasteiger partial charge in [0, 0.05) is 18.8 Å². The zero-order valence-corrected chi connectivity index (χ0v) is 41.1. The molecule has 8 aliphatic rings. The molecule has 0 saturated heterocycles. The van der Waals surface area contributed by atoms with Gasteiger partial charge in [-0.05, 0) is 124 Å². The van der Waals surface area contributed by atoms with Crippen molar-refractivity contribution >= 4 is 20.8 Å². The van der Waals surface area contributed by atoms with Gasteiger partial charge in [-0.25, -0.2) is 16.7 Å². The third-order valence-electron chi connectivity index (χ3n) is 13.7. The predicted octanol–water partition coefficient (Wildman–Crippen LogP) is 12.7. The molecule has 0 fully saturated rings. The summed E-state index contributed by atoms with van der Waals surface area (Å²) in [6.45, 7) is 5.64. The van der Waals surface area contributed by atoms with Crippen LogP contribution in [0.15, 0.2) is 176 Å². The van der Waals surface area contributed by atoms with Crippen molar-refractivity contribution in [3.8, 4) is 0 Å². The van der Waals surface area contributed by atoms with Crippen LogP contribution in [0.1, 0.15) is 130 Å². The van der Waals surface area contributed by atoms with E-state index >= 15 is 0 Å². The Labute approximate surface area is 409 Å². The molecule has 10 heteroatoms. The highest BCUT2D eigenvalue weighted by atomic mass is 32.3. The second-order valence-corrected chi connectivity index (χ2v) is 21.0. The van der Waals surface area contributed by atoms with Crippen molar-refractivity contribution in [1.82, 2.24) is 0 Å². The Bertz CT molecular complexity index is 2990. The summed E-state index contributed by atoms with van der Waals surface area (Å²) in [5, 5.41) is 0. The van der Waals surface area contributed by atoms with Crippen LogP contribution in [0.5, 0.6) is 0 Å². The SMILES string of the molecule is CCc1ccc(CC2OS(=O)(=O)OC3c4ccc(cc4)CCc4ccc(cc4)CC(Cc4ccccc4)c4ccc(cc4)C3c3ccc(cc3)C(OS(=O)(=O)OC(C)CC)Cc3ccc2cc3)cc1. The quantitative estimate of drug-likeness (QED) is 0.133. The fraction of sp³-hybridized carbons (Fsp3) is 0.288. The largest absolute Gasteiger partial charge is 0.401 e. The molecule has 4 aliphatic heterocycles. The van der Waals surface area contributed by atoms with Crippen LogP contribution < -0.4 is 0 Å². The van der Waals surface area contributed by atoms with Gasteiger partial charge >= 0.3 is 20.8 Å². The Hall–Kier alpha value is -5.72. The molecule has 0 N–H and O–H groups in total. The zero-order chi connectivity index (χ0) is 48.0. The minimum absolute atomic E-state index is 0.163. The molecule has 6 atom stereocenters. The topological polar surface area (TPSA) is 105 Å². The van der Waals surface area contributed by atoms with Crippen molar-refractivity contribution in [2.45, 2.75) is 108 Å². The molecule has 4 heterocycles. The minimum atomic E-state index is -4.72. The van der Waals surface area contributed by atoms with E-state index in [4.69, 9.17) is 16.7 Å². The van der Waals surface area contributed by atoms with E-state index in [2.05, 4.69) is 79.7 Å². The van der Waals surface area contributed by atoms with Gasteiger partial charge in [0.1, 0.15) is 18.3 Å². The maximum absolute atomic E-state index is 14.8. The molecule has 10 bridgehead atoms. The molecular formula is C59H60O8S2. The van der Waals surface area contributed by atoms with E-state index < -0.39 is 51.1 Å². The van der Waals surface area contributed by atoms with Crippen LogP contribution in [0.2, 0.25) is 0 Å². The molecule has 4 aliphatic carbocycles. The lowest BCUT2D eigenvalue weighted by Crippen LogP contribution is -2.24. The monoisotopic (exact) mass is 960 g/mol. The van der Waals surface area contributed by atoms with E-state index in [9.17, 15) is 16.8 Å². The Morgan fingerprint density at radius 2 is 1.03 bits per heavy atom. The fourth-order valence-corrected chi connectivity index (χ4v) is 11.6. The summed E-state index contributed by atoms with van der Waals surface area (Å²) in [5.41, 5.74) is 12.4. The van der Waals surface area contributed by atoms with Crippen molar-refractivity contribution in [3.05, 3.63) is 248 Å². The maximum Gasteiger partial charge on any atom is 0.401 e.